The smallest absolute Gasteiger partial charge is 0.264 e. The summed E-state index contributed by atoms with van der Waals surface area (Å²) in [4.78, 5) is 30.1. The summed E-state index contributed by atoms with van der Waals surface area (Å²) >= 11 is 6.55. The molecule has 0 bridgehead atoms. The topological polar surface area (TPSA) is 79.3 Å². The molecule has 0 aliphatic carbocycles. The molecule has 3 aromatic rings. The van der Waals surface area contributed by atoms with Gasteiger partial charge in [-0.05, 0) is 60.0 Å². The number of anilines is 2. The summed E-state index contributed by atoms with van der Waals surface area (Å²) in [6, 6.07) is 21.7. The van der Waals surface area contributed by atoms with Crippen molar-refractivity contribution in [3.05, 3.63) is 82.9 Å². The van der Waals surface area contributed by atoms with Crippen LogP contribution in [-0.4, -0.2) is 51.4 Å². The van der Waals surface area contributed by atoms with Gasteiger partial charge in [0, 0.05) is 41.8 Å². The van der Waals surface area contributed by atoms with Gasteiger partial charge in [-0.2, -0.15) is 0 Å². The van der Waals surface area contributed by atoms with Gasteiger partial charge in [-0.25, -0.2) is 0 Å². The van der Waals surface area contributed by atoms with Crippen molar-refractivity contribution < 1.29 is 24.2 Å². The summed E-state index contributed by atoms with van der Waals surface area (Å²) in [7, 11) is -0.588. The monoisotopic (exact) mass is 604 g/mol. The lowest BCUT2D eigenvalue weighted by molar-refractivity contribution is -0.146. The van der Waals surface area contributed by atoms with Crippen LogP contribution in [0.3, 0.4) is 0 Å². The molecule has 3 aromatic carbocycles. The Hall–Kier alpha value is -3.17. The minimum atomic E-state index is -2.25. The van der Waals surface area contributed by atoms with Gasteiger partial charge in [-0.15, -0.1) is 0 Å². The lowest BCUT2D eigenvalue weighted by Crippen LogP contribution is -2.51. The lowest BCUT2D eigenvalue weighted by Gasteiger charge is -2.37. The molecular weight excluding hydrogens is 568 g/mol. The van der Waals surface area contributed by atoms with E-state index < -0.39 is 13.7 Å². The molecule has 3 aliphatic heterocycles. The predicted octanol–water partition coefficient (Wildman–Crippen LogP) is 5.23. The summed E-state index contributed by atoms with van der Waals surface area (Å²) < 4.78 is 12.3. The van der Waals surface area contributed by atoms with Gasteiger partial charge in [0.1, 0.15) is 5.75 Å². The highest BCUT2D eigenvalue weighted by atomic mass is 35.5. The largest absolute Gasteiger partial charge is 0.497 e. The van der Waals surface area contributed by atoms with Crippen LogP contribution in [0.2, 0.25) is 23.7 Å². The van der Waals surface area contributed by atoms with Crippen LogP contribution in [0.25, 0.3) is 0 Å². The number of hydrogen-bond donors (Lipinski definition) is 1. The molecule has 4 atom stereocenters. The molecule has 0 unspecified atom stereocenters. The van der Waals surface area contributed by atoms with Crippen molar-refractivity contribution in [1.82, 2.24) is 0 Å². The Bertz CT molecular complexity index is 1510. The van der Waals surface area contributed by atoms with Gasteiger partial charge < -0.3 is 24.4 Å². The molecule has 2 fully saturated rings. The Balaban J connectivity index is 1.37. The van der Waals surface area contributed by atoms with Crippen LogP contribution in [0.5, 0.6) is 5.75 Å². The van der Waals surface area contributed by atoms with E-state index in [1.165, 1.54) is 5.19 Å². The zero-order valence-corrected chi connectivity index (χ0v) is 26.2. The fourth-order valence-corrected chi connectivity index (χ4v) is 11.6. The summed E-state index contributed by atoms with van der Waals surface area (Å²) in [6.07, 6.45) is 0.737. The van der Waals surface area contributed by atoms with Gasteiger partial charge in [0.05, 0.1) is 33.5 Å². The lowest BCUT2D eigenvalue weighted by atomic mass is 9.82. The highest BCUT2D eigenvalue weighted by Gasteiger charge is 2.66. The first-order valence-corrected chi connectivity index (χ1v) is 18.0. The van der Waals surface area contributed by atoms with Crippen molar-refractivity contribution in [2.24, 2.45) is 5.92 Å². The second kappa shape index (κ2) is 10.8. The molecule has 0 aromatic heterocycles. The van der Waals surface area contributed by atoms with E-state index in [2.05, 4.69) is 32.2 Å². The number of β-lactam (4-membered cyclic amide) rings is 1. The third-order valence-corrected chi connectivity index (χ3v) is 14.2. The summed E-state index contributed by atoms with van der Waals surface area (Å²) in [5, 5.41) is 11.9. The molecule has 0 radical (unpaired) electrons. The molecule has 2 saturated heterocycles. The summed E-state index contributed by atoms with van der Waals surface area (Å²) in [5.74, 6) is 0.676. The Morgan fingerprint density at radius 2 is 1.79 bits per heavy atom. The molecule has 42 heavy (non-hydrogen) atoms. The number of nitrogens with zero attached hydrogens (tertiary/aromatic N) is 2. The van der Waals surface area contributed by atoms with Crippen LogP contribution in [0.1, 0.15) is 30.9 Å². The van der Waals surface area contributed by atoms with E-state index in [1.54, 1.807) is 12.0 Å². The number of amides is 2. The average molecular weight is 605 g/mol. The standard InChI is InChI=1S/C33H37ClN2O5Si/c1-21-31(42(3,4)26-12-10-25(40-2)11-13-26)29(16-18-37)41-33(21)27-19-23(34)7-14-28(27)36(32(33)39)20-22-5-8-24(9-6-22)35-17-15-30(35)38/h5-14,19,21,29,31,37H,15-18,20H2,1-4H3/t21-,29+,31-,33+/m1/s1. The average Bonchev–Trinajstić information content (AvgIpc) is 3.40. The summed E-state index contributed by atoms with van der Waals surface area (Å²) in [6.45, 7) is 7.86. The number of carbonyl (C=O) groups is 2. The van der Waals surface area contributed by atoms with Gasteiger partial charge in [-0.1, -0.05) is 61.1 Å². The fourth-order valence-electron chi connectivity index (χ4n) is 7.39. The Morgan fingerprint density at radius 1 is 1.07 bits per heavy atom. The summed E-state index contributed by atoms with van der Waals surface area (Å²) in [5.41, 5.74) is 2.28. The normalized spacial score (nSPS) is 25.2. The molecule has 0 saturated carbocycles. The molecule has 3 aliphatic rings. The Morgan fingerprint density at radius 3 is 2.38 bits per heavy atom. The number of ether oxygens (including phenoxy) is 2. The minimum Gasteiger partial charge on any atom is -0.497 e. The number of benzene rings is 3. The van der Waals surface area contributed by atoms with Crippen LogP contribution in [0.15, 0.2) is 66.7 Å². The van der Waals surface area contributed by atoms with Crippen molar-refractivity contribution in [3.63, 3.8) is 0 Å². The molecular formula is C33H37ClN2O5Si. The predicted molar refractivity (Wildman–Crippen MR) is 167 cm³/mol. The molecule has 7 nitrogen and oxygen atoms in total. The van der Waals surface area contributed by atoms with Crippen LogP contribution < -0.4 is 19.7 Å². The van der Waals surface area contributed by atoms with Crippen molar-refractivity contribution in [3.8, 4) is 5.75 Å². The van der Waals surface area contributed by atoms with Crippen LogP contribution in [0, 0.1) is 5.92 Å². The van der Waals surface area contributed by atoms with Gasteiger partial charge in [0.15, 0.2) is 5.60 Å². The van der Waals surface area contributed by atoms with Gasteiger partial charge in [0.2, 0.25) is 5.91 Å². The maximum Gasteiger partial charge on any atom is 0.264 e. The van der Waals surface area contributed by atoms with Crippen LogP contribution in [0.4, 0.5) is 11.4 Å². The van der Waals surface area contributed by atoms with Gasteiger partial charge in [-0.3, -0.25) is 9.59 Å². The molecule has 2 amide bonds. The maximum absolute atomic E-state index is 14.7. The van der Waals surface area contributed by atoms with Crippen molar-refractivity contribution in [2.75, 3.05) is 30.1 Å². The van der Waals surface area contributed by atoms with E-state index >= 15 is 0 Å². The van der Waals surface area contributed by atoms with Crippen molar-refractivity contribution >= 4 is 48.1 Å². The SMILES string of the molecule is COc1ccc([Si](C)(C)[C@H]2[C@H](CCO)O[C@@]3(C(=O)N(Cc4ccc(N5CCC5=O)cc4)c4ccc(Cl)cc43)[C@@H]2C)cc1. The first-order chi connectivity index (χ1) is 20.1. The van der Waals surface area contributed by atoms with Gasteiger partial charge in [0.25, 0.3) is 5.91 Å². The second-order valence-electron chi connectivity index (χ2n) is 12.2. The molecule has 9 heteroatoms. The number of methoxy groups -OCH3 is 1. The Kier molecular flexibility index (Phi) is 7.46. The van der Waals surface area contributed by atoms with Gasteiger partial charge >= 0.3 is 0 Å². The number of carbonyl (C=O) groups excluding carboxylic acids is 2. The minimum absolute atomic E-state index is 0.0246. The number of halogens is 1. The zero-order chi connectivity index (χ0) is 29.8. The number of aliphatic hydroxyl groups is 1. The third kappa shape index (κ3) is 4.47. The number of aliphatic hydroxyl groups excluding tert-OH is 1. The number of rotatable bonds is 8. The van der Waals surface area contributed by atoms with E-state index in [0.29, 0.717) is 24.4 Å². The van der Waals surface area contributed by atoms with E-state index in [1.807, 2.05) is 59.5 Å². The molecule has 6 rings (SSSR count). The maximum atomic E-state index is 14.7. The molecule has 220 valence electrons. The second-order valence-corrected chi connectivity index (χ2v) is 17.3. The molecule has 1 spiro atoms. The number of hydrogen-bond acceptors (Lipinski definition) is 5. The third-order valence-electron chi connectivity index (χ3n) is 9.65. The van der Waals surface area contributed by atoms with Crippen LogP contribution >= 0.6 is 11.6 Å². The quantitative estimate of drug-likeness (QED) is 0.281. The van der Waals surface area contributed by atoms with E-state index in [4.69, 9.17) is 21.1 Å². The molecule has 1 N–H and O–H groups in total. The van der Waals surface area contributed by atoms with E-state index in [0.717, 1.165) is 34.8 Å². The highest BCUT2D eigenvalue weighted by Crippen LogP contribution is 2.60. The van der Waals surface area contributed by atoms with Crippen molar-refractivity contribution in [2.45, 2.75) is 56.7 Å². The van der Waals surface area contributed by atoms with Crippen molar-refractivity contribution in [1.29, 1.82) is 0 Å². The fraction of sp³-hybridized carbons (Fsp3) is 0.394. The Labute approximate surface area is 253 Å². The highest BCUT2D eigenvalue weighted by molar-refractivity contribution is 6.91. The first-order valence-electron chi connectivity index (χ1n) is 14.6. The van der Waals surface area contributed by atoms with Crippen LogP contribution in [-0.2, 0) is 26.5 Å². The molecule has 3 heterocycles. The zero-order valence-electron chi connectivity index (χ0n) is 24.5. The van der Waals surface area contributed by atoms with E-state index in [9.17, 15) is 14.7 Å². The number of fused-ring (bicyclic) bond motifs is 2. The first kappa shape index (κ1) is 28.9. The van der Waals surface area contributed by atoms with E-state index in [-0.39, 0.29) is 36.0 Å².